The van der Waals surface area contributed by atoms with Gasteiger partial charge in [0.05, 0.1) is 17.5 Å². The second-order valence-corrected chi connectivity index (χ2v) is 6.51. The Morgan fingerprint density at radius 1 is 1.38 bits per heavy atom. The van der Waals surface area contributed by atoms with Gasteiger partial charge in [0, 0.05) is 6.21 Å². The van der Waals surface area contributed by atoms with Crippen molar-refractivity contribution in [1.82, 2.24) is 14.5 Å². The molecule has 2 aromatic rings. The molecule has 0 spiro atoms. The standard InChI is InChI=1S/C16H16ClFN4O2/c1-7(2)11-12(8(3)4-5-19-11)22-14-9(15(23)21-16(22)24)6-10(18)13(17)20-14/h4-7,11-12H,1-3H3,(H,21,23,24)/t11-,12-/m0/s1. The average Bonchev–Trinajstić information content (AvgIpc) is 2.50. The second kappa shape index (κ2) is 5.98. The normalized spacial score (nSPS) is 20.7. The van der Waals surface area contributed by atoms with Gasteiger partial charge in [-0.2, -0.15) is 0 Å². The minimum Gasteiger partial charge on any atom is -0.287 e. The van der Waals surface area contributed by atoms with Crippen molar-refractivity contribution < 1.29 is 4.39 Å². The number of H-pyrrole nitrogens is 1. The summed E-state index contributed by atoms with van der Waals surface area (Å²) in [6.45, 7) is 5.86. The summed E-state index contributed by atoms with van der Waals surface area (Å²) in [5, 5.41) is -0.412. The number of nitrogens with one attached hydrogen (secondary N) is 1. The van der Waals surface area contributed by atoms with E-state index in [0.717, 1.165) is 11.6 Å². The third-order valence-electron chi connectivity index (χ3n) is 4.17. The molecule has 2 aromatic heterocycles. The number of aromatic amines is 1. The van der Waals surface area contributed by atoms with E-state index in [1.165, 1.54) is 4.57 Å². The number of hydrogen-bond donors (Lipinski definition) is 1. The summed E-state index contributed by atoms with van der Waals surface area (Å²) in [6, 6.07) is 0.345. The minimum absolute atomic E-state index is 0.0265. The van der Waals surface area contributed by atoms with Gasteiger partial charge in [0.25, 0.3) is 5.56 Å². The molecule has 0 unspecified atom stereocenters. The van der Waals surface area contributed by atoms with Crippen LogP contribution in [0.4, 0.5) is 4.39 Å². The molecule has 0 aliphatic carbocycles. The Bertz CT molecular complexity index is 990. The molecule has 126 valence electrons. The fourth-order valence-corrected chi connectivity index (χ4v) is 3.12. The highest BCUT2D eigenvalue weighted by Gasteiger charge is 2.31. The van der Waals surface area contributed by atoms with Gasteiger partial charge < -0.3 is 0 Å². The van der Waals surface area contributed by atoms with Crippen LogP contribution >= 0.6 is 11.6 Å². The molecule has 3 rings (SSSR count). The largest absolute Gasteiger partial charge is 0.330 e. The monoisotopic (exact) mass is 350 g/mol. The lowest BCUT2D eigenvalue weighted by atomic mass is 9.90. The third kappa shape index (κ3) is 2.58. The molecular weight excluding hydrogens is 335 g/mol. The summed E-state index contributed by atoms with van der Waals surface area (Å²) in [5.74, 6) is -0.672. The van der Waals surface area contributed by atoms with Crippen LogP contribution in [-0.4, -0.2) is 26.8 Å². The van der Waals surface area contributed by atoms with Gasteiger partial charge >= 0.3 is 5.69 Å². The van der Waals surface area contributed by atoms with Crippen LogP contribution < -0.4 is 11.2 Å². The lowest BCUT2D eigenvalue weighted by Crippen LogP contribution is -2.40. The summed E-state index contributed by atoms with van der Waals surface area (Å²) in [6.07, 6.45) is 3.51. The van der Waals surface area contributed by atoms with Crippen LogP contribution in [0.1, 0.15) is 26.8 Å². The van der Waals surface area contributed by atoms with Crippen molar-refractivity contribution in [2.45, 2.75) is 32.9 Å². The van der Waals surface area contributed by atoms with E-state index in [4.69, 9.17) is 11.6 Å². The zero-order valence-corrected chi connectivity index (χ0v) is 14.1. The van der Waals surface area contributed by atoms with E-state index < -0.39 is 23.1 Å². The fraction of sp³-hybridized carbons (Fsp3) is 0.375. The Kier molecular flexibility index (Phi) is 4.13. The van der Waals surface area contributed by atoms with Crippen LogP contribution in [0.2, 0.25) is 5.15 Å². The van der Waals surface area contributed by atoms with Crippen LogP contribution in [-0.2, 0) is 0 Å². The number of allylic oxidation sites excluding steroid dienone is 1. The fourth-order valence-electron chi connectivity index (χ4n) is 2.99. The van der Waals surface area contributed by atoms with Crippen LogP contribution in [0.15, 0.2) is 32.3 Å². The van der Waals surface area contributed by atoms with Crippen molar-refractivity contribution in [2.75, 3.05) is 0 Å². The molecule has 1 N–H and O–H groups in total. The highest BCUT2D eigenvalue weighted by molar-refractivity contribution is 6.29. The predicted octanol–water partition coefficient (Wildman–Crippen LogP) is 2.47. The maximum Gasteiger partial charge on any atom is 0.330 e. The molecule has 1 aliphatic rings. The average molecular weight is 351 g/mol. The summed E-state index contributed by atoms with van der Waals surface area (Å²) < 4.78 is 15.1. The topological polar surface area (TPSA) is 80.1 Å². The second-order valence-electron chi connectivity index (χ2n) is 6.15. The van der Waals surface area contributed by atoms with Crippen molar-refractivity contribution in [1.29, 1.82) is 0 Å². The maximum absolute atomic E-state index is 13.7. The SMILES string of the molecule is CC1=CC=N[C@@H](C(C)C)[C@H]1n1c(=O)[nH]c(=O)c2cc(F)c(Cl)nc21. The quantitative estimate of drug-likeness (QED) is 0.845. The summed E-state index contributed by atoms with van der Waals surface area (Å²) in [4.78, 5) is 35.2. The van der Waals surface area contributed by atoms with Crippen LogP contribution in [0.3, 0.4) is 0 Å². The number of dihydropyridines is 1. The van der Waals surface area contributed by atoms with E-state index in [1.807, 2.05) is 20.8 Å². The number of aliphatic imine (C=N–C) groups is 1. The Balaban J connectivity index is 2.39. The molecule has 0 amide bonds. The van der Waals surface area contributed by atoms with E-state index in [9.17, 15) is 14.0 Å². The van der Waals surface area contributed by atoms with Crippen LogP contribution in [0.25, 0.3) is 11.0 Å². The van der Waals surface area contributed by atoms with Gasteiger partial charge in [-0.3, -0.25) is 19.3 Å². The van der Waals surface area contributed by atoms with Gasteiger partial charge in [0.2, 0.25) is 0 Å². The first-order valence-corrected chi connectivity index (χ1v) is 7.89. The van der Waals surface area contributed by atoms with Crippen molar-refractivity contribution in [3.05, 3.63) is 49.5 Å². The van der Waals surface area contributed by atoms with Crippen LogP contribution in [0, 0.1) is 11.7 Å². The van der Waals surface area contributed by atoms with E-state index in [0.29, 0.717) is 0 Å². The number of rotatable bonds is 2. The van der Waals surface area contributed by atoms with Crippen molar-refractivity contribution in [2.24, 2.45) is 10.9 Å². The van der Waals surface area contributed by atoms with Gasteiger partial charge in [-0.05, 0) is 30.6 Å². The van der Waals surface area contributed by atoms with E-state index in [-0.39, 0.29) is 28.1 Å². The number of halogens is 2. The van der Waals surface area contributed by atoms with E-state index in [1.54, 1.807) is 12.3 Å². The lowest BCUT2D eigenvalue weighted by molar-refractivity contribution is 0.370. The van der Waals surface area contributed by atoms with Gasteiger partial charge in [-0.15, -0.1) is 0 Å². The Hall–Kier alpha value is -2.28. The summed E-state index contributed by atoms with van der Waals surface area (Å²) >= 11 is 5.78. The zero-order chi connectivity index (χ0) is 17.6. The van der Waals surface area contributed by atoms with Crippen molar-refractivity contribution in [3.8, 4) is 0 Å². The smallest absolute Gasteiger partial charge is 0.287 e. The van der Waals surface area contributed by atoms with Gasteiger partial charge in [-0.1, -0.05) is 25.4 Å². The molecule has 0 saturated carbocycles. The predicted molar refractivity (Wildman–Crippen MR) is 91.5 cm³/mol. The van der Waals surface area contributed by atoms with Crippen molar-refractivity contribution in [3.63, 3.8) is 0 Å². The molecule has 24 heavy (non-hydrogen) atoms. The molecule has 8 heteroatoms. The Morgan fingerprint density at radius 3 is 2.75 bits per heavy atom. The molecule has 0 radical (unpaired) electrons. The minimum atomic E-state index is -0.811. The number of hydrogen-bond acceptors (Lipinski definition) is 4. The molecule has 2 atom stereocenters. The molecular formula is C16H16ClFN4O2. The highest BCUT2D eigenvalue weighted by atomic mass is 35.5. The zero-order valence-electron chi connectivity index (χ0n) is 13.4. The first kappa shape index (κ1) is 16.6. The number of fused-ring (bicyclic) bond motifs is 1. The molecule has 0 fully saturated rings. The maximum atomic E-state index is 13.7. The molecule has 0 bridgehead atoms. The van der Waals surface area contributed by atoms with E-state index in [2.05, 4.69) is 15.0 Å². The van der Waals surface area contributed by atoms with Crippen molar-refractivity contribution >= 4 is 28.8 Å². The van der Waals surface area contributed by atoms with E-state index >= 15 is 0 Å². The first-order chi connectivity index (χ1) is 11.3. The Morgan fingerprint density at radius 2 is 2.08 bits per heavy atom. The van der Waals surface area contributed by atoms with Gasteiger partial charge in [-0.25, -0.2) is 14.2 Å². The molecule has 6 nitrogen and oxygen atoms in total. The molecule has 0 saturated heterocycles. The summed E-state index contributed by atoms with van der Waals surface area (Å²) in [7, 11) is 0. The van der Waals surface area contributed by atoms with Gasteiger partial charge in [0.1, 0.15) is 0 Å². The summed E-state index contributed by atoms with van der Waals surface area (Å²) in [5.41, 5.74) is -0.378. The number of pyridine rings is 1. The highest BCUT2D eigenvalue weighted by Crippen LogP contribution is 2.31. The Labute approximate surface area is 141 Å². The third-order valence-corrected chi connectivity index (χ3v) is 4.44. The van der Waals surface area contributed by atoms with Gasteiger partial charge in [0.15, 0.2) is 16.6 Å². The first-order valence-electron chi connectivity index (χ1n) is 7.51. The molecule has 3 heterocycles. The number of aromatic nitrogens is 3. The molecule has 0 aromatic carbocycles. The number of nitrogens with zero attached hydrogens (tertiary/aromatic N) is 3. The lowest BCUT2D eigenvalue weighted by Gasteiger charge is -2.31. The van der Waals surface area contributed by atoms with Crippen LogP contribution in [0.5, 0.6) is 0 Å². The molecule has 1 aliphatic heterocycles.